The third kappa shape index (κ3) is 3.47. The molecule has 1 saturated carbocycles. The van der Waals surface area contributed by atoms with Gasteiger partial charge >= 0.3 is 5.97 Å². The fourth-order valence-electron chi connectivity index (χ4n) is 2.06. The van der Waals surface area contributed by atoms with Gasteiger partial charge in [0.25, 0.3) is 0 Å². The van der Waals surface area contributed by atoms with E-state index >= 15 is 0 Å². The normalized spacial score (nSPS) is 23.7. The lowest BCUT2D eigenvalue weighted by atomic mass is 9.98. The van der Waals surface area contributed by atoms with Crippen LogP contribution in [-0.4, -0.2) is 34.4 Å². The van der Waals surface area contributed by atoms with Gasteiger partial charge < -0.3 is 15.5 Å². The van der Waals surface area contributed by atoms with Crippen LogP contribution in [0.2, 0.25) is 0 Å². The minimum absolute atomic E-state index is 0.111. The quantitative estimate of drug-likeness (QED) is 0.639. The van der Waals surface area contributed by atoms with Crippen LogP contribution >= 0.6 is 0 Å². The second-order valence-electron chi connectivity index (χ2n) is 4.79. The summed E-state index contributed by atoms with van der Waals surface area (Å²) >= 11 is 0. The molecular formula is C11H21NO3. The van der Waals surface area contributed by atoms with E-state index in [0.717, 1.165) is 0 Å². The number of aliphatic carboxylic acids is 1. The highest BCUT2D eigenvalue weighted by atomic mass is 16.4. The van der Waals surface area contributed by atoms with E-state index < -0.39 is 11.6 Å². The highest BCUT2D eigenvalue weighted by molar-refractivity contribution is 5.76. The monoisotopic (exact) mass is 215 g/mol. The highest BCUT2D eigenvalue weighted by Crippen LogP contribution is 2.27. The molecule has 15 heavy (non-hydrogen) atoms. The Kier molecular flexibility index (Phi) is 4.11. The van der Waals surface area contributed by atoms with Crippen molar-refractivity contribution in [3.63, 3.8) is 0 Å². The number of rotatable bonds is 5. The molecule has 0 aliphatic heterocycles. The van der Waals surface area contributed by atoms with E-state index in [-0.39, 0.29) is 6.54 Å². The number of aliphatic hydroxyl groups is 1. The molecule has 4 nitrogen and oxygen atoms in total. The molecule has 3 N–H and O–H groups in total. The maximum Gasteiger partial charge on any atom is 0.336 e. The first-order valence-electron chi connectivity index (χ1n) is 5.62. The minimum Gasteiger partial charge on any atom is -0.479 e. The van der Waals surface area contributed by atoms with E-state index in [1.165, 1.54) is 32.6 Å². The fraction of sp³-hybridized carbons (Fsp3) is 0.909. The molecule has 1 rings (SSSR count). The zero-order valence-corrected chi connectivity index (χ0v) is 9.49. The SMILES string of the molecule is CC(NCC(C)(O)C(=O)O)C1CCCC1. The lowest BCUT2D eigenvalue weighted by Gasteiger charge is -2.25. The molecular weight excluding hydrogens is 194 g/mol. The second-order valence-corrected chi connectivity index (χ2v) is 4.79. The van der Waals surface area contributed by atoms with Gasteiger partial charge in [0.2, 0.25) is 0 Å². The Balaban J connectivity index is 2.32. The zero-order valence-electron chi connectivity index (χ0n) is 9.49. The van der Waals surface area contributed by atoms with Crippen LogP contribution in [0.1, 0.15) is 39.5 Å². The van der Waals surface area contributed by atoms with Crippen LogP contribution in [0.15, 0.2) is 0 Å². The van der Waals surface area contributed by atoms with E-state index in [4.69, 9.17) is 5.11 Å². The summed E-state index contributed by atoms with van der Waals surface area (Å²) in [6.07, 6.45) is 4.96. The van der Waals surface area contributed by atoms with Gasteiger partial charge in [-0.15, -0.1) is 0 Å². The number of carbonyl (C=O) groups is 1. The standard InChI is InChI=1S/C11H21NO3/c1-8(9-5-3-4-6-9)12-7-11(2,15)10(13)14/h8-9,12,15H,3-7H2,1-2H3,(H,13,14). The Hall–Kier alpha value is -0.610. The van der Waals surface area contributed by atoms with Crippen molar-refractivity contribution in [2.24, 2.45) is 5.92 Å². The first-order valence-corrected chi connectivity index (χ1v) is 5.62. The Bertz CT molecular complexity index is 222. The number of hydrogen-bond acceptors (Lipinski definition) is 3. The molecule has 1 aliphatic rings. The van der Waals surface area contributed by atoms with Gasteiger partial charge in [-0.2, -0.15) is 0 Å². The summed E-state index contributed by atoms with van der Waals surface area (Å²) in [5, 5.41) is 21.4. The largest absolute Gasteiger partial charge is 0.479 e. The third-order valence-electron chi connectivity index (χ3n) is 3.34. The summed E-state index contributed by atoms with van der Waals surface area (Å²) in [4.78, 5) is 10.7. The van der Waals surface area contributed by atoms with Crippen LogP contribution in [-0.2, 0) is 4.79 Å². The number of hydrogen-bond donors (Lipinski definition) is 3. The molecule has 0 amide bonds. The van der Waals surface area contributed by atoms with Gasteiger partial charge in [-0.1, -0.05) is 12.8 Å². The second kappa shape index (κ2) is 4.94. The molecule has 0 aromatic carbocycles. The van der Waals surface area contributed by atoms with E-state index in [0.29, 0.717) is 12.0 Å². The molecule has 0 bridgehead atoms. The van der Waals surface area contributed by atoms with Gasteiger partial charge in [0.15, 0.2) is 5.60 Å². The number of carboxylic acids is 1. The molecule has 2 atom stereocenters. The summed E-state index contributed by atoms with van der Waals surface area (Å²) in [5.41, 5.74) is -1.66. The van der Waals surface area contributed by atoms with Crippen LogP contribution in [0, 0.1) is 5.92 Å². The number of nitrogens with one attached hydrogen (secondary N) is 1. The van der Waals surface area contributed by atoms with Crippen LogP contribution in [0.4, 0.5) is 0 Å². The maximum absolute atomic E-state index is 10.7. The van der Waals surface area contributed by atoms with E-state index in [2.05, 4.69) is 12.2 Å². The highest BCUT2D eigenvalue weighted by Gasteiger charge is 2.31. The zero-order chi connectivity index (χ0) is 11.5. The van der Waals surface area contributed by atoms with Crippen LogP contribution in [0.3, 0.4) is 0 Å². The molecule has 4 heteroatoms. The van der Waals surface area contributed by atoms with Gasteiger partial charge in [-0.3, -0.25) is 0 Å². The van der Waals surface area contributed by atoms with Gasteiger partial charge in [0.05, 0.1) is 0 Å². The van der Waals surface area contributed by atoms with Gasteiger partial charge in [0.1, 0.15) is 0 Å². The molecule has 0 spiro atoms. The molecule has 0 heterocycles. The summed E-state index contributed by atoms with van der Waals surface area (Å²) in [6.45, 7) is 3.50. The van der Waals surface area contributed by atoms with Crippen LogP contribution in [0.5, 0.6) is 0 Å². The average Bonchev–Trinajstić information content (AvgIpc) is 2.66. The Morgan fingerprint density at radius 1 is 1.53 bits per heavy atom. The van der Waals surface area contributed by atoms with Crippen molar-refractivity contribution in [3.8, 4) is 0 Å². The van der Waals surface area contributed by atoms with Crippen molar-refractivity contribution >= 4 is 5.97 Å². The topological polar surface area (TPSA) is 69.6 Å². The first kappa shape index (κ1) is 12.5. The van der Waals surface area contributed by atoms with Crippen molar-refractivity contribution in [1.82, 2.24) is 5.32 Å². The van der Waals surface area contributed by atoms with Crippen molar-refractivity contribution in [2.45, 2.75) is 51.2 Å². The average molecular weight is 215 g/mol. The molecule has 88 valence electrons. The van der Waals surface area contributed by atoms with Gasteiger partial charge in [0, 0.05) is 12.6 Å². The van der Waals surface area contributed by atoms with Crippen molar-refractivity contribution in [2.75, 3.05) is 6.54 Å². The predicted molar refractivity (Wildman–Crippen MR) is 57.7 cm³/mol. The molecule has 0 aromatic heterocycles. The third-order valence-corrected chi connectivity index (χ3v) is 3.34. The summed E-state index contributed by atoms with van der Waals surface area (Å²) in [5.74, 6) is -0.539. The summed E-state index contributed by atoms with van der Waals surface area (Å²) < 4.78 is 0. The van der Waals surface area contributed by atoms with Crippen molar-refractivity contribution < 1.29 is 15.0 Å². The van der Waals surface area contributed by atoms with Gasteiger partial charge in [-0.25, -0.2) is 4.79 Å². The Morgan fingerprint density at radius 3 is 2.53 bits per heavy atom. The van der Waals surface area contributed by atoms with Crippen molar-refractivity contribution in [1.29, 1.82) is 0 Å². The Labute approximate surface area is 90.7 Å². The first-order chi connectivity index (χ1) is 6.93. The van der Waals surface area contributed by atoms with E-state index in [1.54, 1.807) is 0 Å². The molecule has 1 fully saturated rings. The molecule has 2 unspecified atom stereocenters. The van der Waals surface area contributed by atoms with Crippen LogP contribution in [0.25, 0.3) is 0 Å². The van der Waals surface area contributed by atoms with Gasteiger partial charge in [-0.05, 0) is 32.6 Å². The fourth-order valence-corrected chi connectivity index (χ4v) is 2.06. The molecule has 0 aromatic rings. The summed E-state index contributed by atoms with van der Waals surface area (Å²) in [7, 11) is 0. The lowest BCUT2D eigenvalue weighted by Crippen LogP contribution is -2.48. The number of carboxylic acid groups (broad SMARTS) is 1. The molecule has 0 saturated heterocycles. The Morgan fingerprint density at radius 2 is 2.07 bits per heavy atom. The van der Waals surface area contributed by atoms with Crippen LogP contribution < -0.4 is 5.32 Å². The minimum atomic E-state index is -1.66. The van der Waals surface area contributed by atoms with E-state index in [9.17, 15) is 9.90 Å². The van der Waals surface area contributed by atoms with E-state index in [1.807, 2.05) is 0 Å². The maximum atomic E-state index is 10.7. The predicted octanol–water partition coefficient (Wildman–Crippen LogP) is 0.990. The smallest absolute Gasteiger partial charge is 0.336 e. The van der Waals surface area contributed by atoms with Crippen molar-refractivity contribution in [3.05, 3.63) is 0 Å². The molecule has 0 radical (unpaired) electrons. The summed E-state index contributed by atoms with van der Waals surface area (Å²) in [6, 6.07) is 0.290. The lowest BCUT2D eigenvalue weighted by molar-refractivity contribution is -0.156. The molecule has 1 aliphatic carbocycles.